The Morgan fingerprint density at radius 3 is 2.65 bits per heavy atom. The van der Waals surface area contributed by atoms with Crippen LogP contribution in [0.3, 0.4) is 0 Å². The van der Waals surface area contributed by atoms with Gasteiger partial charge in [-0.15, -0.1) is 0 Å². The molecule has 2 aromatic carbocycles. The van der Waals surface area contributed by atoms with Gasteiger partial charge in [0.25, 0.3) is 0 Å². The summed E-state index contributed by atoms with van der Waals surface area (Å²) in [7, 11) is 3.19. The number of benzene rings is 2. The van der Waals surface area contributed by atoms with Gasteiger partial charge in [0.1, 0.15) is 17.3 Å². The maximum absolute atomic E-state index is 14.0. The SMILES string of the molecule is COc1ccc(-c2[nH]c3ccc(F)cc3c2CCC(=O)N(C)CC(=O)NCc2ccco2)cc1. The minimum Gasteiger partial charge on any atom is -0.497 e. The van der Waals surface area contributed by atoms with Crippen LogP contribution in [0.2, 0.25) is 0 Å². The van der Waals surface area contributed by atoms with Gasteiger partial charge in [-0.1, -0.05) is 0 Å². The van der Waals surface area contributed by atoms with Gasteiger partial charge in [-0.3, -0.25) is 9.59 Å². The van der Waals surface area contributed by atoms with Crippen molar-refractivity contribution in [1.82, 2.24) is 15.2 Å². The molecule has 0 aliphatic rings. The first-order valence-electron chi connectivity index (χ1n) is 10.9. The van der Waals surface area contributed by atoms with E-state index in [2.05, 4.69) is 10.3 Å². The number of methoxy groups -OCH3 is 1. The predicted octanol–water partition coefficient (Wildman–Crippen LogP) is 4.28. The maximum Gasteiger partial charge on any atom is 0.239 e. The third-order valence-electron chi connectivity index (χ3n) is 5.68. The summed E-state index contributed by atoms with van der Waals surface area (Å²) in [6, 6.07) is 15.6. The molecule has 0 aliphatic carbocycles. The number of carbonyl (C=O) groups is 2. The molecule has 2 N–H and O–H groups in total. The maximum atomic E-state index is 14.0. The normalized spacial score (nSPS) is 10.9. The Hall–Kier alpha value is -4.07. The number of amides is 2. The summed E-state index contributed by atoms with van der Waals surface area (Å²) < 4.78 is 24.4. The molecular weight excluding hydrogens is 437 g/mol. The summed E-state index contributed by atoms with van der Waals surface area (Å²) in [6.45, 7) is 0.202. The Labute approximate surface area is 196 Å². The van der Waals surface area contributed by atoms with Crippen LogP contribution in [0.4, 0.5) is 4.39 Å². The summed E-state index contributed by atoms with van der Waals surface area (Å²) in [5, 5.41) is 3.46. The molecule has 0 bridgehead atoms. The largest absolute Gasteiger partial charge is 0.497 e. The van der Waals surface area contributed by atoms with E-state index in [9.17, 15) is 14.0 Å². The Balaban J connectivity index is 1.46. The first kappa shape index (κ1) is 23.1. The lowest BCUT2D eigenvalue weighted by Gasteiger charge is -2.17. The van der Waals surface area contributed by atoms with Crippen LogP contribution in [-0.2, 0) is 22.6 Å². The lowest BCUT2D eigenvalue weighted by molar-refractivity contribution is -0.134. The van der Waals surface area contributed by atoms with Crippen LogP contribution in [0, 0.1) is 5.82 Å². The van der Waals surface area contributed by atoms with Crippen LogP contribution in [0.15, 0.2) is 65.3 Å². The van der Waals surface area contributed by atoms with Crippen LogP contribution >= 0.6 is 0 Å². The number of nitrogens with zero attached hydrogens (tertiary/aromatic N) is 1. The van der Waals surface area contributed by atoms with E-state index in [0.717, 1.165) is 33.5 Å². The first-order valence-corrected chi connectivity index (χ1v) is 10.9. The number of fused-ring (bicyclic) bond motifs is 1. The van der Waals surface area contributed by atoms with Crippen molar-refractivity contribution in [1.29, 1.82) is 0 Å². The van der Waals surface area contributed by atoms with Crippen molar-refractivity contribution in [3.05, 3.63) is 78.0 Å². The van der Waals surface area contributed by atoms with Crippen LogP contribution in [0.5, 0.6) is 5.75 Å². The van der Waals surface area contributed by atoms with E-state index in [1.165, 1.54) is 23.3 Å². The number of furan rings is 1. The highest BCUT2D eigenvalue weighted by atomic mass is 19.1. The summed E-state index contributed by atoms with van der Waals surface area (Å²) in [4.78, 5) is 29.7. The number of ether oxygens (including phenoxy) is 1. The molecule has 0 fully saturated rings. The van der Waals surface area contributed by atoms with E-state index < -0.39 is 0 Å². The number of rotatable bonds is 9. The summed E-state index contributed by atoms with van der Waals surface area (Å²) in [5.41, 5.74) is 3.38. The van der Waals surface area contributed by atoms with E-state index in [1.807, 2.05) is 24.3 Å². The fourth-order valence-electron chi connectivity index (χ4n) is 3.86. The number of hydrogen-bond donors (Lipinski definition) is 2. The Morgan fingerprint density at radius 1 is 1.15 bits per heavy atom. The zero-order valence-electron chi connectivity index (χ0n) is 19.1. The van der Waals surface area contributed by atoms with E-state index >= 15 is 0 Å². The van der Waals surface area contributed by atoms with Gasteiger partial charge in [-0.05, 0) is 72.1 Å². The molecule has 34 heavy (non-hydrogen) atoms. The number of aromatic nitrogens is 1. The lowest BCUT2D eigenvalue weighted by atomic mass is 10.0. The number of halogens is 1. The van der Waals surface area contributed by atoms with Crippen molar-refractivity contribution < 1.29 is 23.1 Å². The molecule has 7 nitrogen and oxygen atoms in total. The topological polar surface area (TPSA) is 87.6 Å². The number of hydrogen-bond acceptors (Lipinski definition) is 4. The third-order valence-corrected chi connectivity index (χ3v) is 5.68. The molecule has 2 aromatic heterocycles. The van der Waals surface area contributed by atoms with Crippen molar-refractivity contribution >= 4 is 22.7 Å². The van der Waals surface area contributed by atoms with Crippen molar-refractivity contribution in [3.63, 3.8) is 0 Å². The molecule has 176 valence electrons. The molecule has 0 saturated carbocycles. The van der Waals surface area contributed by atoms with Crippen molar-refractivity contribution in [3.8, 4) is 17.0 Å². The molecule has 0 atom stereocenters. The Bertz CT molecular complexity index is 1280. The molecule has 0 radical (unpaired) electrons. The molecule has 0 spiro atoms. The molecule has 4 rings (SSSR count). The third kappa shape index (κ3) is 5.28. The van der Waals surface area contributed by atoms with Crippen molar-refractivity contribution in [2.24, 2.45) is 0 Å². The molecule has 0 unspecified atom stereocenters. The van der Waals surface area contributed by atoms with Gasteiger partial charge in [-0.2, -0.15) is 0 Å². The van der Waals surface area contributed by atoms with Crippen molar-refractivity contribution in [2.45, 2.75) is 19.4 Å². The van der Waals surface area contributed by atoms with Gasteiger partial charge in [0.15, 0.2) is 0 Å². The molecular formula is C26H26FN3O4. The zero-order valence-corrected chi connectivity index (χ0v) is 19.1. The molecule has 0 aliphatic heterocycles. The number of aryl methyl sites for hydroxylation is 1. The Morgan fingerprint density at radius 2 is 1.94 bits per heavy atom. The van der Waals surface area contributed by atoms with E-state index in [0.29, 0.717) is 12.2 Å². The highest BCUT2D eigenvalue weighted by molar-refractivity contribution is 5.92. The summed E-state index contributed by atoms with van der Waals surface area (Å²) in [5.74, 6) is 0.570. The first-order chi connectivity index (χ1) is 16.4. The molecule has 8 heteroatoms. The molecule has 4 aromatic rings. The van der Waals surface area contributed by atoms with E-state index in [-0.39, 0.29) is 37.1 Å². The average molecular weight is 464 g/mol. The number of H-pyrrole nitrogens is 1. The van der Waals surface area contributed by atoms with Crippen LogP contribution < -0.4 is 10.1 Å². The molecule has 0 saturated heterocycles. The number of carbonyl (C=O) groups excluding carboxylic acids is 2. The minimum absolute atomic E-state index is 0.0621. The highest BCUT2D eigenvalue weighted by Gasteiger charge is 2.18. The second-order valence-electron chi connectivity index (χ2n) is 8.00. The highest BCUT2D eigenvalue weighted by Crippen LogP contribution is 2.32. The monoisotopic (exact) mass is 463 g/mol. The molecule has 2 heterocycles. The quantitative estimate of drug-likeness (QED) is 0.388. The van der Waals surface area contributed by atoms with Gasteiger partial charge in [0.05, 0.1) is 26.5 Å². The van der Waals surface area contributed by atoms with Gasteiger partial charge in [-0.25, -0.2) is 4.39 Å². The molecule has 2 amide bonds. The standard InChI is InChI=1S/C26H26FN3O4/c1-30(16-24(31)28-15-20-4-3-13-34-20)25(32)12-10-21-22-14-18(27)7-11-23(22)29-26(21)17-5-8-19(33-2)9-6-17/h3-9,11,13-14,29H,10,12,15-16H2,1-2H3,(H,28,31). The van der Waals surface area contributed by atoms with E-state index in [4.69, 9.17) is 9.15 Å². The van der Waals surface area contributed by atoms with Gasteiger partial charge in [0, 0.05) is 30.1 Å². The van der Waals surface area contributed by atoms with Crippen LogP contribution in [0.1, 0.15) is 17.7 Å². The fraction of sp³-hybridized carbons (Fsp3) is 0.231. The second-order valence-corrected chi connectivity index (χ2v) is 8.00. The van der Waals surface area contributed by atoms with Gasteiger partial charge in [0.2, 0.25) is 11.8 Å². The summed E-state index contributed by atoms with van der Waals surface area (Å²) >= 11 is 0. The predicted molar refractivity (Wildman–Crippen MR) is 127 cm³/mol. The van der Waals surface area contributed by atoms with Crippen LogP contribution in [0.25, 0.3) is 22.2 Å². The number of aromatic amines is 1. The van der Waals surface area contributed by atoms with Crippen molar-refractivity contribution in [2.75, 3.05) is 20.7 Å². The number of likely N-dealkylation sites (N-methyl/N-ethyl adjacent to an activating group) is 1. The zero-order chi connectivity index (χ0) is 24.1. The lowest BCUT2D eigenvalue weighted by Crippen LogP contribution is -2.38. The van der Waals surface area contributed by atoms with E-state index in [1.54, 1.807) is 32.4 Å². The van der Waals surface area contributed by atoms with Crippen LogP contribution in [-0.4, -0.2) is 42.4 Å². The van der Waals surface area contributed by atoms with Gasteiger partial charge < -0.3 is 24.4 Å². The summed E-state index contributed by atoms with van der Waals surface area (Å²) in [6.07, 6.45) is 2.10. The average Bonchev–Trinajstić information content (AvgIpc) is 3.49. The second kappa shape index (κ2) is 10.2. The minimum atomic E-state index is -0.342. The number of nitrogens with one attached hydrogen (secondary N) is 2. The van der Waals surface area contributed by atoms with Gasteiger partial charge >= 0.3 is 0 Å². The smallest absolute Gasteiger partial charge is 0.239 e. The Kier molecular flexibility index (Phi) is 6.96. The fourth-order valence-corrected chi connectivity index (χ4v) is 3.86.